The summed E-state index contributed by atoms with van der Waals surface area (Å²) in [5.74, 6) is 1.14. The molecular formula is C12H12FN5S2. The fourth-order valence-electron chi connectivity index (χ4n) is 2.03. The molecule has 0 aliphatic rings. The molecular weight excluding hydrogens is 297 g/mol. The first-order valence-electron chi connectivity index (χ1n) is 6.04. The highest BCUT2D eigenvalue weighted by molar-refractivity contribution is 8.00. The number of nitrogen functional groups attached to an aromatic ring is 1. The summed E-state index contributed by atoms with van der Waals surface area (Å²) >= 11 is 2.84. The molecule has 2 N–H and O–H groups in total. The van der Waals surface area contributed by atoms with Crippen LogP contribution < -0.4 is 5.73 Å². The lowest BCUT2D eigenvalue weighted by Gasteiger charge is -2.04. The van der Waals surface area contributed by atoms with Gasteiger partial charge in [-0.2, -0.15) is 0 Å². The topological polar surface area (TPSA) is 69.6 Å². The van der Waals surface area contributed by atoms with E-state index in [4.69, 9.17) is 5.73 Å². The van der Waals surface area contributed by atoms with Gasteiger partial charge in [-0.3, -0.25) is 0 Å². The van der Waals surface area contributed by atoms with Crippen molar-refractivity contribution in [1.82, 2.24) is 19.7 Å². The van der Waals surface area contributed by atoms with Crippen molar-refractivity contribution < 1.29 is 4.39 Å². The molecule has 104 valence electrons. The number of hydrogen-bond donors (Lipinski definition) is 1. The predicted molar refractivity (Wildman–Crippen MR) is 79.2 cm³/mol. The van der Waals surface area contributed by atoms with Crippen LogP contribution in [0.5, 0.6) is 0 Å². The SMILES string of the molecule is CCn1c(CSc2nnc(N)s2)nc2c(F)cccc21. The minimum Gasteiger partial charge on any atom is -0.374 e. The number of halogens is 1. The number of thioether (sulfide) groups is 1. The molecule has 20 heavy (non-hydrogen) atoms. The van der Waals surface area contributed by atoms with Crippen molar-refractivity contribution in [1.29, 1.82) is 0 Å². The number of nitrogens with two attached hydrogens (primary N) is 1. The zero-order valence-electron chi connectivity index (χ0n) is 10.7. The summed E-state index contributed by atoms with van der Waals surface area (Å²) in [7, 11) is 0. The number of aryl methyl sites for hydroxylation is 1. The smallest absolute Gasteiger partial charge is 0.203 e. The Balaban J connectivity index is 1.92. The Morgan fingerprint density at radius 3 is 2.95 bits per heavy atom. The normalized spacial score (nSPS) is 11.3. The first-order chi connectivity index (χ1) is 9.69. The van der Waals surface area contributed by atoms with E-state index in [9.17, 15) is 4.39 Å². The highest BCUT2D eigenvalue weighted by atomic mass is 32.2. The molecule has 0 saturated carbocycles. The van der Waals surface area contributed by atoms with Gasteiger partial charge in [0.05, 0.1) is 11.3 Å². The van der Waals surface area contributed by atoms with Crippen LogP contribution in [0.15, 0.2) is 22.5 Å². The second-order valence-electron chi connectivity index (χ2n) is 4.07. The third-order valence-corrected chi connectivity index (χ3v) is 4.75. The van der Waals surface area contributed by atoms with E-state index in [2.05, 4.69) is 15.2 Å². The van der Waals surface area contributed by atoms with Gasteiger partial charge in [0, 0.05) is 6.54 Å². The zero-order chi connectivity index (χ0) is 14.1. The second kappa shape index (κ2) is 5.37. The van der Waals surface area contributed by atoms with Gasteiger partial charge in [0.15, 0.2) is 10.2 Å². The number of anilines is 1. The third kappa shape index (κ3) is 2.36. The summed E-state index contributed by atoms with van der Waals surface area (Å²) in [6.07, 6.45) is 0. The Hall–Kier alpha value is -1.67. The number of hydrogen-bond acceptors (Lipinski definition) is 6. The number of para-hydroxylation sites is 1. The maximum absolute atomic E-state index is 13.8. The van der Waals surface area contributed by atoms with Crippen molar-refractivity contribution in [2.75, 3.05) is 5.73 Å². The minimum absolute atomic E-state index is 0.291. The molecule has 3 rings (SSSR count). The standard InChI is InChI=1S/C12H12FN5S2/c1-2-18-8-5-3-4-7(13)10(8)15-9(18)6-19-12-17-16-11(14)20-12/h3-5H,2,6H2,1H3,(H2,14,16). The Kier molecular flexibility index (Phi) is 3.58. The first-order valence-corrected chi connectivity index (χ1v) is 7.84. The largest absolute Gasteiger partial charge is 0.374 e. The quantitative estimate of drug-likeness (QED) is 0.750. The molecule has 0 radical (unpaired) electrons. The fraction of sp³-hybridized carbons (Fsp3) is 0.250. The third-order valence-electron chi connectivity index (χ3n) is 2.87. The lowest BCUT2D eigenvalue weighted by Crippen LogP contribution is -2.00. The molecule has 5 nitrogen and oxygen atoms in total. The summed E-state index contributed by atoms with van der Waals surface area (Å²) < 4.78 is 16.6. The average Bonchev–Trinajstić information content (AvgIpc) is 3.00. The van der Waals surface area contributed by atoms with E-state index in [1.165, 1.54) is 29.2 Å². The molecule has 2 heterocycles. The molecule has 0 aliphatic carbocycles. The van der Waals surface area contributed by atoms with Crippen molar-refractivity contribution in [2.24, 2.45) is 0 Å². The van der Waals surface area contributed by atoms with E-state index < -0.39 is 0 Å². The van der Waals surface area contributed by atoms with Gasteiger partial charge in [-0.25, -0.2) is 9.37 Å². The van der Waals surface area contributed by atoms with Crippen LogP contribution in [-0.2, 0) is 12.3 Å². The monoisotopic (exact) mass is 309 g/mol. The van der Waals surface area contributed by atoms with Crippen molar-refractivity contribution >= 4 is 39.3 Å². The number of fused-ring (bicyclic) bond motifs is 1. The maximum Gasteiger partial charge on any atom is 0.203 e. The Bertz CT molecular complexity index is 751. The molecule has 2 aromatic heterocycles. The van der Waals surface area contributed by atoms with Crippen molar-refractivity contribution in [3.05, 3.63) is 29.8 Å². The number of benzene rings is 1. The van der Waals surface area contributed by atoms with Gasteiger partial charge in [-0.1, -0.05) is 29.2 Å². The Morgan fingerprint density at radius 2 is 2.25 bits per heavy atom. The van der Waals surface area contributed by atoms with E-state index in [0.29, 0.717) is 16.4 Å². The highest BCUT2D eigenvalue weighted by Crippen LogP contribution is 2.28. The molecule has 0 fully saturated rings. The number of imidazole rings is 1. The lowest BCUT2D eigenvalue weighted by molar-refractivity contribution is 0.637. The van der Waals surface area contributed by atoms with Crippen LogP contribution in [0, 0.1) is 5.82 Å². The van der Waals surface area contributed by atoms with Crippen molar-refractivity contribution in [3.8, 4) is 0 Å². The Morgan fingerprint density at radius 1 is 1.40 bits per heavy atom. The van der Waals surface area contributed by atoms with Crippen LogP contribution in [0.25, 0.3) is 11.0 Å². The highest BCUT2D eigenvalue weighted by Gasteiger charge is 2.13. The summed E-state index contributed by atoms with van der Waals surface area (Å²) in [6.45, 7) is 2.76. The van der Waals surface area contributed by atoms with E-state index in [-0.39, 0.29) is 5.82 Å². The maximum atomic E-state index is 13.8. The van der Waals surface area contributed by atoms with Crippen LogP contribution in [0.3, 0.4) is 0 Å². The molecule has 1 aromatic carbocycles. The summed E-state index contributed by atoms with van der Waals surface area (Å²) in [5.41, 5.74) is 6.78. The first kappa shape index (κ1) is 13.3. The number of aromatic nitrogens is 4. The van der Waals surface area contributed by atoms with Gasteiger partial charge in [-0.05, 0) is 19.1 Å². The van der Waals surface area contributed by atoms with E-state index in [1.54, 1.807) is 6.07 Å². The van der Waals surface area contributed by atoms with Crippen LogP contribution in [0.1, 0.15) is 12.7 Å². The molecule has 0 spiro atoms. The molecule has 0 amide bonds. The van der Waals surface area contributed by atoms with Crippen LogP contribution in [-0.4, -0.2) is 19.7 Å². The zero-order valence-corrected chi connectivity index (χ0v) is 12.3. The van der Waals surface area contributed by atoms with Crippen LogP contribution in [0.2, 0.25) is 0 Å². The van der Waals surface area contributed by atoms with Crippen LogP contribution >= 0.6 is 23.1 Å². The van der Waals surface area contributed by atoms with Gasteiger partial charge in [0.25, 0.3) is 0 Å². The molecule has 0 aliphatic heterocycles. The molecule has 0 atom stereocenters. The summed E-state index contributed by atoms with van der Waals surface area (Å²) in [6, 6.07) is 5.01. The molecule has 0 bridgehead atoms. The van der Waals surface area contributed by atoms with Gasteiger partial charge in [0.1, 0.15) is 11.3 Å². The fourth-order valence-corrected chi connectivity index (χ4v) is 3.61. The van der Waals surface area contributed by atoms with Crippen molar-refractivity contribution in [2.45, 2.75) is 23.6 Å². The van der Waals surface area contributed by atoms with Crippen molar-refractivity contribution in [3.63, 3.8) is 0 Å². The van der Waals surface area contributed by atoms with Gasteiger partial charge in [0.2, 0.25) is 5.13 Å². The summed E-state index contributed by atoms with van der Waals surface area (Å²) in [4.78, 5) is 4.40. The van der Waals surface area contributed by atoms with Gasteiger partial charge < -0.3 is 10.3 Å². The molecule has 0 unspecified atom stereocenters. The van der Waals surface area contributed by atoms with Gasteiger partial charge >= 0.3 is 0 Å². The number of nitrogens with zero attached hydrogens (tertiary/aromatic N) is 4. The summed E-state index contributed by atoms with van der Waals surface area (Å²) in [5, 5.41) is 8.17. The lowest BCUT2D eigenvalue weighted by atomic mass is 10.3. The van der Waals surface area contributed by atoms with E-state index in [0.717, 1.165) is 22.2 Å². The van der Waals surface area contributed by atoms with E-state index in [1.807, 2.05) is 17.6 Å². The van der Waals surface area contributed by atoms with Gasteiger partial charge in [-0.15, -0.1) is 10.2 Å². The minimum atomic E-state index is -0.291. The number of rotatable bonds is 4. The van der Waals surface area contributed by atoms with Crippen LogP contribution in [0.4, 0.5) is 9.52 Å². The molecule has 0 saturated heterocycles. The average molecular weight is 309 g/mol. The molecule has 8 heteroatoms. The molecule has 3 aromatic rings. The predicted octanol–water partition coefficient (Wildman–Crippen LogP) is 2.92. The second-order valence-corrected chi connectivity index (χ2v) is 6.31. The Labute approximate surface area is 123 Å². The van der Waals surface area contributed by atoms with E-state index >= 15 is 0 Å².